The predicted octanol–water partition coefficient (Wildman–Crippen LogP) is 2.28. The van der Waals surface area contributed by atoms with Gasteiger partial charge in [0.2, 0.25) is 0 Å². The van der Waals surface area contributed by atoms with E-state index in [2.05, 4.69) is 15.9 Å². The average molecular weight is 260 g/mol. The maximum Gasteiger partial charge on any atom is 0.308 e. The van der Waals surface area contributed by atoms with Crippen LogP contribution in [0.4, 0.5) is 5.69 Å². The SMILES string of the molecule is CC(=O)Oc1ccc(Br)c([N+](=O)[O-])c1. The van der Waals surface area contributed by atoms with E-state index in [9.17, 15) is 14.9 Å². The first-order chi connectivity index (χ1) is 6.50. The van der Waals surface area contributed by atoms with Crippen molar-refractivity contribution in [3.05, 3.63) is 32.8 Å². The fourth-order valence-electron chi connectivity index (χ4n) is 0.862. The van der Waals surface area contributed by atoms with Gasteiger partial charge in [-0.05, 0) is 28.1 Å². The zero-order valence-corrected chi connectivity index (χ0v) is 8.78. The van der Waals surface area contributed by atoms with Crippen LogP contribution in [-0.4, -0.2) is 10.9 Å². The highest BCUT2D eigenvalue weighted by atomic mass is 79.9. The zero-order valence-electron chi connectivity index (χ0n) is 7.19. The number of hydrogen-bond donors (Lipinski definition) is 0. The van der Waals surface area contributed by atoms with Gasteiger partial charge in [-0.2, -0.15) is 0 Å². The van der Waals surface area contributed by atoms with Crippen LogP contribution in [0.15, 0.2) is 22.7 Å². The lowest BCUT2D eigenvalue weighted by atomic mass is 10.3. The van der Waals surface area contributed by atoms with Crippen LogP contribution in [0.1, 0.15) is 6.92 Å². The molecule has 0 saturated heterocycles. The largest absolute Gasteiger partial charge is 0.426 e. The van der Waals surface area contributed by atoms with E-state index in [1.54, 1.807) is 0 Å². The van der Waals surface area contributed by atoms with E-state index >= 15 is 0 Å². The lowest BCUT2D eigenvalue weighted by Crippen LogP contribution is -2.01. The molecule has 0 spiro atoms. The van der Waals surface area contributed by atoms with Gasteiger partial charge in [-0.25, -0.2) is 0 Å². The Bertz CT molecular complexity index is 391. The van der Waals surface area contributed by atoms with E-state index < -0.39 is 10.9 Å². The molecule has 0 unspecified atom stereocenters. The van der Waals surface area contributed by atoms with Crippen molar-refractivity contribution in [3.63, 3.8) is 0 Å². The Labute approximate surface area is 88.0 Å². The highest BCUT2D eigenvalue weighted by Crippen LogP contribution is 2.28. The maximum atomic E-state index is 10.6. The molecule has 6 heteroatoms. The molecule has 0 amide bonds. The summed E-state index contributed by atoms with van der Waals surface area (Å²) in [6.07, 6.45) is 0. The molecule has 5 nitrogen and oxygen atoms in total. The molecule has 1 rings (SSSR count). The standard InChI is InChI=1S/C8H6BrNO4/c1-5(11)14-6-2-3-7(9)8(4-6)10(12)13/h2-4H,1H3. The lowest BCUT2D eigenvalue weighted by Gasteiger charge is -2.01. The van der Waals surface area contributed by atoms with E-state index in [-0.39, 0.29) is 11.4 Å². The van der Waals surface area contributed by atoms with Gasteiger partial charge in [0.1, 0.15) is 5.75 Å². The molecule has 14 heavy (non-hydrogen) atoms. The number of carbonyl (C=O) groups excluding carboxylic acids is 1. The molecule has 0 saturated carbocycles. The minimum Gasteiger partial charge on any atom is -0.426 e. The summed E-state index contributed by atoms with van der Waals surface area (Å²) in [7, 11) is 0. The minimum atomic E-state index is -0.558. The molecule has 0 radical (unpaired) electrons. The molecule has 0 aliphatic rings. The first kappa shape index (κ1) is 10.6. The smallest absolute Gasteiger partial charge is 0.308 e. The van der Waals surface area contributed by atoms with Crippen molar-refractivity contribution in [1.82, 2.24) is 0 Å². The topological polar surface area (TPSA) is 69.4 Å². The van der Waals surface area contributed by atoms with Crippen molar-refractivity contribution >= 4 is 27.6 Å². The number of esters is 1. The van der Waals surface area contributed by atoms with Crippen LogP contribution in [0.2, 0.25) is 0 Å². The number of rotatable bonds is 2. The number of carbonyl (C=O) groups is 1. The normalized spacial score (nSPS) is 9.57. The molecule has 74 valence electrons. The molecule has 1 aromatic carbocycles. The molecule has 0 aliphatic heterocycles. The van der Waals surface area contributed by atoms with Crippen molar-refractivity contribution in [1.29, 1.82) is 0 Å². The van der Waals surface area contributed by atoms with Gasteiger partial charge in [0.15, 0.2) is 0 Å². The van der Waals surface area contributed by atoms with Crippen molar-refractivity contribution in [2.24, 2.45) is 0 Å². The van der Waals surface area contributed by atoms with E-state index in [0.29, 0.717) is 4.47 Å². The third-order valence-electron chi connectivity index (χ3n) is 1.38. The van der Waals surface area contributed by atoms with Gasteiger partial charge in [-0.3, -0.25) is 14.9 Å². The summed E-state index contributed by atoms with van der Waals surface area (Å²) >= 11 is 3.02. The lowest BCUT2D eigenvalue weighted by molar-refractivity contribution is -0.385. The van der Waals surface area contributed by atoms with E-state index in [1.165, 1.54) is 25.1 Å². The highest BCUT2D eigenvalue weighted by Gasteiger charge is 2.13. The molecule has 0 bridgehead atoms. The first-order valence-electron chi connectivity index (χ1n) is 3.63. The van der Waals surface area contributed by atoms with Gasteiger partial charge < -0.3 is 4.74 Å². The van der Waals surface area contributed by atoms with Crippen molar-refractivity contribution < 1.29 is 14.5 Å². The Hall–Kier alpha value is -1.43. The summed E-state index contributed by atoms with van der Waals surface area (Å²) in [5.74, 6) is -0.353. The fraction of sp³-hybridized carbons (Fsp3) is 0.125. The van der Waals surface area contributed by atoms with Crippen LogP contribution in [-0.2, 0) is 4.79 Å². The van der Waals surface area contributed by atoms with E-state index in [4.69, 9.17) is 4.74 Å². The number of hydrogen-bond acceptors (Lipinski definition) is 4. The van der Waals surface area contributed by atoms with E-state index in [0.717, 1.165) is 0 Å². The van der Waals surface area contributed by atoms with Crippen LogP contribution in [0, 0.1) is 10.1 Å². The van der Waals surface area contributed by atoms with Crippen LogP contribution < -0.4 is 4.74 Å². The summed E-state index contributed by atoms with van der Waals surface area (Å²) < 4.78 is 5.04. The van der Waals surface area contributed by atoms with Crippen LogP contribution >= 0.6 is 15.9 Å². The summed E-state index contributed by atoms with van der Waals surface area (Å²) in [4.78, 5) is 20.5. The second kappa shape index (κ2) is 4.19. The zero-order chi connectivity index (χ0) is 10.7. The quantitative estimate of drug-likeness (QED) is 0.354. The summed E-state index contributed by atoms with van der Waals surface area (Å²) in [5, 5.41) is 10.5. The first-order valence-corrected chi connectivity index (χ1v) is 4.42. The summed E-state index contributed by atoms with van der Waals surface area (Å²) in [6, 6.07) is 4.11. The van der Waals surface area contributed by atoms with Gasteiger partial charge in [0.05, 0.1) is 15.5 Å². The monoisotopic (exact) mass is 259 g/mol. The molecular formula is C8H6BrNO4. The number of nitrogens with zero attached hydrogens (tertiary/aromatic N) is 1. The maximum absolute atomic E-state index is 10.6. The van der Waals surface area contributed by atoms with Crippen LogP contribution in [0.3, 0.4) is 0 Å². The van der Waals surface area contributed by atoms with Crippen LogP contribution in [0.5, 0.6) is 5.75 Å². The Kier molecular flexibility index (Phi) is 3.19. The molecular weight excluding hydrogens is 254 g/mol. The summed E-state index contributed by atoms with van der Waals surface area (Å²) in [5.41, 5.74) is -0.135. The highest BCUT2D eigenvalue weighted by molar-refractivity contribution is 9.10. The predicted molar refractivity (Wildman–Crippen MR) is 52.1 cm³/mol. The van der Waals surface area contributed by atoms with Crippen molar-refractivity contribution in [3.8, 4) is 5.75 Å². The van der Waals surface area contributed by atoms with Gasteiger partial charge in [-0.15, -0.1) is 0 Å². The number of nitro groups is 1. The Morgan fingerprint density at radius 1 is 1.57 bits per heavy atom. The Morgan fingerprint density at radius 3 is 2.71 bits per heavy atom. The number of halogens is 1. The third-order valence-corrected chi connectivity index (χ3v) is 2.05. The number of nitro benzene ring substituents is 1. The van der Waals surface area contributed by atoms with Gasteiger partial charge in [-0.1, -0.05) is 0 Å². The number of benzene rings is 1. The summed E-state index contributed by atoms with van der Waals surface area (Å²) in [6.45, 7) is 1.23. The molecule has 0 N–H and O–H groups in total. The van der Waals surface area contributed by atoms with Crippen LogP contribution in [0.25, 0.3) is 0 Å². The second-order valence-corrected chi connectivity index (χ2v) is 3.32. The minimum absolute atomic E-state index is 0.135. The number of ether oxygens (including phenoxy) is 1. The molecule has 0 aliphatic carbocycles. The third kappa shape index (κ3) is 2.53. The van der Waals surface area contributed by atoms with Crippen molar-refractivity contribution in [2.45, 2.75) is 6.92 Å². The van der Waals surface area contributed by atoms with Gasteiger partial charge >= 0.3 is 5.97 Å². The van der Waals surface area contributed by atoms with Gasteiger partial charge in [0.25, 0.3) is 5.69 Å². The molecule has 0 fully saturated rings. The molecule has 0 aromatic heterocycles. The molecule has 1 aromatic rings. The van der Waals surface area contributed by atoms with Gasteiger partial charge in [0, 0.05) is 6.92 Å². The average Bonchev–Trinajstić information content (AvgIpc) is 2.07. The Morgan fingerprint density at radius 2 is 2.21 bits per heavy atom. The Balaban J connectivity index is 3.06. The van der Waals surface area contributed by atoms with Crippen molar-refractivity contribution in [2.75, 3.05) is 0 Å². The second-order valence-electron chi connectivity index (χ2n) is 2.46. The van der Waals surface area contributed by atoms with E-state index in [1.807, 2.05) is 0 Å². The molecule has 0 atom stereocenters. The fourth-order valence-corrected chi connectivity index (χ4v) is 1.25. The molecule has 0 heterocycles.